The summed E-state index contributed by atoms with van der Waals surface area (Å²) in [6.45, 7) is 4.79. The van der Waals surface area contributed by atoms with Crippen LogP contribution in [0.3, 0.4) is 0 Å². The predicted octanol–water partition coefficient (Wildman–Crippen LogP) is -0.115. The molecule has 13 heavy (non-hydrogen) atoms. The topological polar surface area (TPSA) is 70.5 Å². The van der Waals surface area contributed by atoms with Crippen molar-refractivity contribution >= 4 is 86.2 Å². The Morgan fingerprint density at radius 1 is 1.00 bits per heavy atom. The summed E-state index contributed by atoms with van der Waals surface area (Å²) in [4.78, 5) is 0. The fraction of sp³-hybridized carbons (Fsp3) is 0.667. The summed E-state index contributed by atoms with van der Waals surface area (Å²) in [5.74, 6) is 0. The van der Waals surface area contributed by atoms with Crippen LogP contribution in [0.4, 0.5) is 0 Å². The molecule has 0 aromatic heterocycles. The zero-order valence-corrected chi connectivity index (χ0v) is 8.83. The molecule has 0 aliphatic heterocycles. The van der Waals surface area contributed by atoms with Gasteiger partial charge in [0, 0.05) is 0 Å². The van der Waals surface area contributed by atoms with E-state index in [4.69, 9.17) is 11.5 Å². The van der Waals surface area contributed by atoms with Gasteiger partial charge in [-0.25, -0.2) is 0 Å². The predicted molar refractivity (Wildman–Crippen MR) is 64.0 cm³/mol. The van der Waals surface area contributed by atoms with Gasteiger partial charge in [-0.1, -0.05) is 0 Å². The zero-order chi connectivity index (χ0) is 9.98. The van der Waals surface area contributed by atoms with Crippen molar-refractivity contribution in [2.45, 2.75) is 13.8 Å². The first-order valence-electron chi connectivity index (χ1n) is 3.39. The van der Waals surface area contributed by atoms with Gasteiger partial charge in [-0.15, -0.1) is 0 Å². The van der Waals surface area contributed by atoms with Crippen LogP contribution in [0.25, 0.3) is 0 Å². The van der Waals surface area contributed by atoms with Crippen molar-refractivity contribution in [2.75, 3.05) is 13.2 Å². The molecule has 0 saturated heterocycles. The average Bonchev–Trinajstić information content (AvgIpc) is 1.87. The van der Waals surface area contributed by atoms with E-state index in [1.807, 2.05) is 13.8 Å². The minimum absolute atomic E-state index is 0. The van der Waals surface area contributed by atoms with Crippen molar-refractivity contribution < 1.29 is 9.47 Å². The Hall–Kier alpha value is 1.02. The Morgan fingerprint density at radius 2 is 1.23 bits per heavy atom. The SMILES string of the molecule is CCOC(N)=S.CCOC(N)=S.[KH]. The van der Waals surface area contributed by atoms with E-state index in [9.17, 15) is 0 Å². The molecule has 0 spiro atoms. The molecule has 0 atom stereocenters. The van der Waals surface area contributed by atoms with E-state index >= 15 is 0 Å². The van der Waals surface area contributed by atoms with Gasteiger partial charge in [0.15, 0.2) is 0 Å². The van der Waals surface area contributed by atoms with Crippen LogP contribution in [0.2, 0.25) is 0 Å². The van der Waals surface area contributed by atoms with Crippen LogP contribution in [0.15, 0.2) is 0 Å². The molecule has 0 unspecified atom stereocenters. The molecular formula is C6H15KN2O2S2. The van der Waals surface area contributed by atoms with Gasteiger partial charge in [-0.3, -0.25) is 0 Å². The monoisotopic (exact) mass is 250 g/mol. The third-order valence-electron chi connectivity index (χ3n) is 0.573. The van der Waals surface area contributed by atoms with Gasteiger partial charge in [0.25, 0.3) is 10.3 Å². The molecule has 0 aliphatic rings. The second kappa shape index (κ2) is 15.5. The molecule has 0 aromatic rings. The Bertz CT molecular complexity index is 131. The molecule has 0 aromatic carbocycles. The molecule has 4 N–H and O–H groups in total. The summed E-state index contributed by atoms with van der Waals surface area (Å²) in [5, 5.41) is 0.245. The molecule has 0 amide bonds. The van der Waals surface area contributed by atoms with E-state index in [1.165, 1.54) is 0 Å². The third-order valence-corrected chi connectivity index (χ3v) is 0.809. The van der Waals surface area contributed by atoms with Crippen molar-refractivity contribution in [3.05, 3.63) is 0 Å². The summed E-state index contributed by atoms with van der Waals surface area (Å²) in [5.41, 5.74) is 9.82. The van der Waals surface area contributed by atoms with Crippen molar-refractivity contribution in [1.29, 1.82) is 0 Å². The van der Waals surface area contributed by atoms with E-state index in [2.05, 4.69) is 33.9 Å². The van der Waals surface area contributed by atoms with Gasteiger partial charge in [0.05, 0.1) is 13.2 Å². The van der Waals surface area contributed by atoms with Gasteiger partial charge in [-0.05, 0) is 38.3 Å². The Labute approximate surface area is 132 Å². The molecule has 74 valence electrons. The van der Waals surface area contributed by atoms with Crippen LogP contribution < -0.4 is 11.5 Å². The fourth-order valence-corrected chi connectivity index (χ4v) is 0.520. The summed E-state index contributed by atoms with van der Waals surface area (Å²) < 4.78 is 9.10. The number of hydrogen-bond acceptors (Lipinski definition) is 4. The van der Waals surface area contributed by atoms with Gasteiger partial charge in [0.1, 0.15) is 0 Å². The van der Waals surface area contributed by atoms with E-state index < -0.39 is 0 Å². The summed E-state index contributed by atoms with van der Waals surface area (Å²) in [7, 11) is 0. The van der Waals surface area contributed by atoms with Gasteiger partial charge in [-0.2, -0.15) is 0 Å². The number of thiocarbonyl (C=S) groups is 2. The second-order valence-corrected chi connectivity index (χ2v) is 2.31. The molecule has 0 fully saturated rings. The second-order valence-electron chi connectivity index (χ2n) is 1.50. The number of rotatable bonds is 2. The molecule has 4 nitrogen and oxygen atoms in total. The van der Waals surface area contributed by atoms with Crippen molar-refractivity contribution in [1.82, 2.24) is 0 Å². The summed E-state index contributed by atoms with van der Waals surface area (Å²) in [6, 6.07) is 0. The number of ether oxygens (including phenoxy) is 2. The first kappa shape index (κ1) is 19.6. The fourth-order valence-electron chi connectivity index (χ4n) is 0.285. The third kappa shape index (κ3) is 32.1. The number of hydrogen-bond donors (Lipinski definition) is 2. The van der Waals surface area contributed by atoms with Crippen molar-refractivity contribution in [3.63, 3.8) is 0 Å². The van der Waals surface area contributed by atoms with Gasteiger partial charge in [0.2, 0.25) is 0 Å². The van der Waals surface area contributed by atoms with E-state index in [-0.39, 0.29) is 61.7 Å². The average molecular weight is 250 g/mol. The van der Waals surface area contributed by atoms with Crippen LogP contribution in [-0.4, -0.2) is 74.9 Å². The zero-order valence-electron chi connectivity index (χ0n) is 7.20. The Kier molecular flexibility index (Phi) is 23.3. The first-order valence-corrected chi connectivity index (χ1v) is 4.20. The molecule has 0 rings (SSSR count). The molecule has 7 heteroatoms. The van der Waals surface area contributed by atoms with Gasteiger partial charge < -0.3 is 20.9 Å². The molecule has 0 radical (unpaired) electrons. The first-order chi connectivity index (χ1) is 5.54. The Morgan fingerprint density at radius 3 is 1.23 bits per heavy atom. The standard InChI is InChI=1S/2C3H7NOS.K.H/c2*1-2-5-3(4)6;;/h2*2H2,1H3,(H2,4,6);;. The van der Waals surface area contributed by atoms with Crippen LogP contribution in [0.1, 0.15) is 13.8 Å². The van der Waals surface area contributed by atoms with Gasteiger partial charge >= 0.3 is 51.4 Å². The van der Waals surface area contributed by atoms with Crippen LogP contribution in [0.5, 0.6) is 0 Å². The number of nitrogens with two attached hydrogens (primary N) is 2. The minimum atomic E-state index is 0. The molecular weight excluding hydrogens is 235 g/mol. The van der Waals surface area contributed by atoms with E-state index in [0.717, 1.165) is 0 Å². The van der Waals surface area contributed by atoms with Crippen molar-refractivity contribution in [3.8, 4) is 0 Å². The maximum atomic E-state index is 4.91. The molecule has 0 saturated carbocycles. The van der Waals surface area contributed by atoms with Crippen LogP contribution in [-0.2, 0) is 9.47 Å². The van der Waals surface area contributed by atoms with E-state index in [0.29, 0.717) is 13.2 Å². The summed E-state index contributed by atoms with van der Waals surface area (Å²) in [6.07, 6.45) is 0. The molecule has 0 aliphatic carbocycles. The Balaban J connectivity index is -0.000000143. The molecule has 0 heterocycles. The van der Waals surface area contributed by atoms with Crippen molar-refractivity contribution in [2.24, 2.45) is 11.5 Å². The summed E-state index contributed by atoms with van der Waals surface area (Å²) >= 11 is 8.70. The van der Waals surface area contributed by atoms with Crippen LogP contribution >= 0.6 is 24.4 Å². The maximum absolute atomic E-state index is 4.91. The quantitative estimate of drug-likeness (QED) is 0.526. The molecule has 0 bridgehead atoms. The van der Waals surface area contributed by atoms with E-state index in [1.54, 1.807) is 0 Å². The normalized spacial score (nSPS) is 6.92. The van der Waals surface area contributed by atoms with Crippen LogP contribution in [0, 0.1) is 0 Å².